The Hall–Kier alpha value is -2.86. The van der Waals surface area contributed by atoms with Gasteiger partial charge in [0.2, 0.25) is 0 Å². The van der Waals surface area contributed by atoms with Gasteiger partial charge in [0, 0.05) is 43.9 Å². The first-order valence-corrected chi connectivity index (χ1v) is 11.2. The molecule has 1 fully saturated rings. The Kier molecular flexibility index (Phi) is 5.64. The number of benzene rings is 2. The lowest BCUT2D eigenvalue weighted by atomic mass is 10.0. The van der Waals surface area contributed by atoms with Gasteiger partial charge in [-0.05, 0) is 47.9 Å². The highest BCUT2D eigenvalue weighted by atomic mass is 19.1. The van der Waals surface area contributed by atoms with Crippen molar-refractivity contribution in [2.75, 3.05) is 31.1 Å². The van der Waals surface area contributed by atoms with Crippen LogP contribution in [0, 0.1) is 5.82 Å². The van der Waals surface area contributed by atoms with Crippen molar-refractivity contribution in [1.82, 2.24) is 0 Å². The van der Waals surface area contributed by atoms with Crippen LogP contribution >= 0.6 is 0 Å². The van der Waals surface area contributed by atoms with E-state index in [1.165, 1.54) is 42.7 Å². The summed E-state index contributed by atoms with van der Waals surface area (Å²) in [7, 11) is 0. The van der Waals surface area contributed by atoms with Crippen molar-refractivity contribution in [3.8, 4) is 0 Å². The normalized spacial score (nSPS) is 22.7. The van der Waals surface area contributed by atoms with Gasteiger partial charge >= 0.3 is 0 Å². The molecule has 3 heterocycles. The second-order valence-corrected chi connectivity index (χ2v) is 8.77. The van der Waals surface area contributed by atoms with Crippen LogP contribution in [-0.4, -0.2) is 50.2 Å². The highest BCUT2D eigenvalue weighted by Gasteiger charge is 2.31. The predicted molar refractivity (Wildman–Crippen MR) is 120 cm³/mol. The Bertz CT molecular complexity index is 1020. The summed E-state index contributed by atoms with van der Waals surface area (Å²) < 4.78 is 13.1. The molecule has 0 spiro atoms. The first-order chi connectivity index (χ1) is 15.2. The molecule has 160 valence electrons. The fraction of sp³-hybridized carbons (Fsp3) is 0.400. The standard InChI is InChI=1S/C25H26FN4O/c26-21-5-2-18(3-6-21)7-11-29-12-9-22(10-13-29)30-14-8-20-4-1-19(16-24(20)30)15-23-25(31)28-17-27-23/h1-6,16,22H,7-15H2/q-1/p+1. The first-order valence-electron chi connectivity index (χ1n) is 11.2. The van der Waals surface area contributed by atoms with Crippen LogP contribution in [0.1, 0.15) is 29.5 Å². The number of carbonyl (C=O) groups excluding carboxylic acids is 1. The van der Waals surface area contributed by atoms with E-state index in [-0.39, 0.29) is 11.7 Å². The Morgan fingerprint density at radius 2 is 1.87 bits per heavy atom. The van der Waals surface area contributed by atoms with Crippen LogP contribution in [0.25, 0.3) is 0 Å². The average molecular weight is 419 g/mol. The summed E-state index contributed by atoms with van der Waals surface area (Å²) in [5.41, 5.74) is 5.53. The molecule has 2 aromatic carbocycles. The Morgan fingerprint density at radius 3 is 2.61 bits per heavy atom. The topological polar surface area (TPSA) is 49.5 Å². The Morgan fingerprint density at radius 1 is 1.10 bits per heavy atom. The molecule has 1 amide bonds. The second kappa shape index (κ2) is 8.71. The summed E-state index contributed by atoms with van der Waals surface area (Å²) in [6.07, 6.45) is 7.40. The molecule has 31 heavy (non-hydrogen) atoms. The van der Waals surface area contributed by atoms with Gasteiger partial charge in [0.15, 0.2) is 0 Å². The molecule has 0 aromatic heterocycles. The fourth-order valence-electron chi connectivity index (χ4n) is 5.04. The van der Waals surface area contributed by atoms with Crippen molar-refractivity contribution in [2.45, 2.75) is 38.1 Å². The van der Waals surface area contributed by atoms with Gasteiger partial charge in [0.25, 0.3) is 0 Å². The summed E-state index contributed by atoms with van der Waals surface area (Å²) in [4.78, 5) is 23.5. The number of amides is 1. The fourth-order valence-corrected chi connectivity index (χ4v) is 5.04. The summed E-state index contributed by atoms with van der Waals surface area (Å²) >= 11 is 0. The van der Waals surface area contributed by atoms with Crippen LogP contribution in [0.15, 0.2) is 52.4 Å². The molecule has 6 heteroatoms. The number of rotatable bonds is 6. The number of carbonyl (C=O) groups is 1. The minimum atomic E-state index is -0.270. The Balaban J connectivity index is 1.18. The SMILES string of the molecule is O=C1N=[C-]N=C1Cc1ccc2c(c1)N(C1CC[NH+](CCc3ccc(F)cc3)CC1)CC2. The number of anilines is 1. The summed E-state index contributed by atoms with van der Waals surface area (Å²) in [5.74, 6) is -0.436. The van der Waals surface area contributed by atoms with Gasteiger partial charge in [-0.15, -0.1) is 0 Å². The first kappa shape index (κ1) is 20.1. The van der Waals surface area contributed by atoms with E-state index >= 15 is 0 Å². The summed E-state index contributed by atoms with van der Waals surface area (Å²) in [6.45, 7) is 4.53. The largest absolute Gasteiger partial charge is 0.377 e. The molecule has 1 saturated heterocycles. The van der Waals surface area contributed by atoms with Crippen LogP contribution < -0.4 is 9.80 Å². The van der Waals surface area contributed by atoms with Crippen LogP contribution in [0.2, 0.25) is 0 Å². The lowest BCUT2D eigenvalue weighted by Crippen LogP contribution is -3.13. The summed E-state index contributed by atoms with van der Waals surface area (Å²) in [6, 6.07) is 14.0. The molecule has 0 saturated carbocycles. The molecule has 3 aliphatic rings. The van der Waals surface area contributed by atoms with Gasteiger partial charge in [-0.25, -0.2) is 4.39 Å². The third-order valence-corrected chi connectivity index (χ3v) is 6.82. The third-order valence-electron chi connectivity index (χ3n) is 6.82. The number of quaternary nitrogens is 1. The highest BCUT2D eigenvalue weighted by molar-refractivity contribution is 6.44. The van der Waals surface area contributed by atoms with E-state index < -0.39 is 0 Å². The number of halogens is 1. The van der Waals surface area contributed by atoms with E-state index in [1.807, 2.05) is 12.1 Å². The quantitative estimate of drug-likeness (QED) is 0.729. The van der Waals surface area contributed by atoms with Gasteiger partial charge < -0.3 is 24.6 Å². The van der Waals surface area contributed by atoms with Gasteiger partial charge in [0.1, 0.15) is 11.7 Å². The Labute approximate surface area is 182 Å². The van der Waals surface area contributed by atoms with Crippen molar-refractivity contribution >= 4 is 23.6 Å². The molecule has 2 aromatic rings. The van der Waals surface area contributed by atoms with Crippen LogP contribution in [0.4, 0.5) is 10.1 Å². The molecule has 5 nitrogen and oxygen atoms in total. The van der Waals surface area contributed by atoms with Gasteiger partial charge in [-0.1, -0.05) is 29.8 Å². The van der Waals surface area contributed by atoms with Crippen molar-refractivity contribution in [3.05, 3.63) is 65.0 Å². The van der Waals surface area contributed by atoms with E-state index in [9.17, 15) is 9.18 Å². The van der Waals surface area contributed by atoms with E-state index in [0.717, 1.165) is 31.5 Å². The number of nitrogens with zero attached hydrogens (tertiary/aromatic N) is 3. The maximum Gasteiger partial charge on any atom is 0.132 e. The molecule has 0 bridgehead atoms. The molecule has 1 N–H and O–H groups in total. The van der Waals surface area contributed by atoms with Gasteiger partial charge in [-0.2, -0.15) is 0 Å². The van der Waals surface area contributed by atoms with Crippen molar-refractivity contribution in [2.24, 2.45) is 9.98 Å². The van der Waals surface area contributed by atoms with E-state index in [2.05, 4.69) is 39.4 Å². The number of nitrogens with one attached hydrogen (secondary N) is 1. The molecule has 3 aliphatic heterocycles. The zero-order valence-electron chi connectivity index (χ0n) is 17.6. The number of fused-ring (bicyclic) bond motifs is 1. The predicted octanol–water partition coefficient (Wildman–Crippen LogP) is 1.91. The third kappa shape index (κ3) is 4.44. The van der Waals surface area contributed by atoms with E-state index in [0.29, 0.717) is 18.2 Å². The van der Waals surface area contributed by atoms with E-state index in [4.69, 9.17) is 0 Å². The maximum atomic E-state index is 13.1. The van der Waals surface area contributed by atoms with Crippen molar-refractivity contribution in [1.29, 1.82) is 0 Å². The zero-order chi connectivity index (χ0) is 21.2. The van der Waals surface area contributed by atoms with Crippen LogP contribution in [0.3, 0.4) is 0 Å². The molecule has 0 radical (unpaired) electrons. The molecule has 0 aliphatic carbocycles. The zero-order valence-corrected chi connectivity index (χ0v) is 17.6. The number of likely N-dealkylation sites (tertiary alicyclic amines) is 1. The monoisotopic (exact) mass is 418 g/mol. The molecule has 0 unspecified atom stereocenters. The number of aliphatic imine (C=N–C) groups is 2. The molecule has 0 atom stereocenters. The average Bonchev–Trinajstić information content (AvgIpc) is 3.40. The molecular weight excluding hydrogens is 391 g/mol. The maximum absolute atomic E-state index is 13.1. The lowest BCUT2D eigenvalue weighted by Gasteiger charge is -2.36. The van der Waals surface area contributed by atoms with Crippen molar-refractivity contribution in [3.63, 3.8) is 0 Å². The number of hydrogen-bond donors (Lipinski definition) is 1. The van der Waals surface area contributed by atoms with Gasteiger partial charge in [0.05, 0.1) is 19.6 Å². The van der Waals surface area contributed by atoms with Crippen LogP contribution in [0.5, 0.6) is 0 Å². The van der Waals surface area contributed by atoms with Crippen LogP contribution in [-0.2, 0) is 24.1 Å². The summed E-state index contributed by atoms with van der Waals surface area (Å²) in [5, 5.41) is 0. The molecular formula is C25H27FN4O. The van der Waals surface area contributed by atoms with Gasteiger partial charge in [-0.3, -0.25) is 0 Å². The minimum Gasteiger partial charge on any atom is -0.377 e. The second-order valence-electron chi connectivity index (χ2n) is 8.77. The molecule has 5 rings (SSSR count). The van der Waals surface area contributed by atoms with E-state index in [1.54, 1.807) is 17.0 Å². The highest BCUT2D eigenvalue weighted by Crippen LogP contribution is 2.32. The minimum absolute atomic E-state index is 0.166. The number of hydrogen-bond acceptors (Lipinski definition) is 3. The van der Waals surface area contributed by atoms with Crippen molar-refractivity contribution < 1.29 is 14.1 Å². The smallest absolute Gasteiger partial charge is 0.132 e. The lowest BCUT2D eigenvalue weighted by molar-refractivity contribution is -0.904. The number of piperidine rings is 1.